The zero-order chi connectivity index (χ0) is 11.8. The maximum absolute atomic E-state index is 13.3. The Bertz CT molecular complexity index is 411. The lowest BCUT2D eigenvalue weighted by Gasteiger charge is -2.36. The molecule has 0 bridgehead atoms. The topological polar surface area (TPSA) is 15.3 Å². The highest BCUT2D eigenvalue weighted by Crippen LogP contribution is 2.32. The molecule has 1 fully saturated rings. The number of halogens is 1. The van der Waals surface area contributed by atoms with Gasteiger partial charge in [0.05, 0.1) is 0 Å². The van der Waals surface area contributed by atoms with Crippen LogP contribution in [0.5, 0.6) is 0 Å². The van der Waals surface area contributed by atoms with E-state index in [-0.39, 0.29) is 5.82 Å². The molecule has 2 aliphatic heterocycles. The van der Waals surface area contributed by atoms with Crippen molar-refractivity contribution in [2.24, 2.45) is 0 Å². The number of nitrogens with zero attached hydrogens (tertiary/aromatic N) is 1. The molecule has 17 heavy (non-hydrogen) atoms. The Morgan fingerprint density at radius 3 is 3.00 bits per heavy atom. The largest absolute Gasteiger partial charge is 0.367 e. The quantitative estimate of drug-likeness (QED) is 0.802. The van der Waals surface area contributed by atoms with Crippen molar-refractivity contribution in [2.45, 2.75) is 38.3 Å². The predicted molar refractivity (Wildman–Crippen MR) is 67.9 cm³/mol. The molecular formula is C14H19FN2. The molecule has 1 aromatic rings. The van der Waals surface area contributed by atoms with E-state index in [2.05, 4.69) is 17.1 Å². The van der Waals surface area contributed by atoms with Crippen LogP contribution >= 0.6 is 0 Å². The summed E-state index contributed by atoms with van der Waals surface area (Å²) in [5.41, 5.74) is 2.41. The second kappa shape index (κ2) is 4.30. The number of nitrogens with one attached hydrogen (secondary N) is 1. The van der Waals surface area contributed by atoms with E-state index in [0.29, 0.717) is 12.1 Å². The van der Waals surface area contributed by atoms with Crippen molar-refractivity contribution in [1.29, 1.82) is 0 Å². The van der Waals surface area contributed by atoms with E-state index < -0.39 is 0 Å². The molecule has 0 saturated carbocycles. The average molecular weight is 234 g/mol. The van der Waals surface area contributed by atoms with Crippen LogP contribution in [-0.2, 0) is 6.42 Å². The van der Waals surface area contributed by atoms with Gasteiger partial charge in [0.2, 0.25) is 0 Å². The van der Waals surface area contributed by atoms with Gasteiger partial charge < -0.3 is 10.2 Å². The molecule has 0 amide bonds. The van der Waals surface area contributed by atoms with Crippen molar-refractivity contribution in [1.82, 2.24) is 5.32 Å². The third-order valence-corrected chi connectivity index (χ3v) is 4.05. The number of rotatable bonds is 1. The summed E-state index contributed by atoms with van der Waals surface area (Å²) < 4.78 is 13.3. The summed E-state index contributed by atoms with van der Waals surface area (Å²) in [4.78, 5) is 2.39. The Morgan fingerprint density at radius 2 is 2.24 bits per heavy atom. The first-order chi connectivity index (χ1) is 8.24. The Hall–Kier alpha value is -1.09. The smallest absolute Gasteiger partial charge is 0.125 e. The molecule has 2 aliphatic rings. The predicted octanol–water partition coefficient (Wildman–Crippen LogP) is 2.33. The van der Waals surface area contributed by atoms with Gasteiger partial charge in [-0.25, -0.2) is 4.39 Å². The highest BCUT2D eigenvalue weighted by atomic mass is 19.1. The van der Waals surface area contributed by atoms with Crippen LogP contribution in [0.4, 0.5) is 10.1 Å². The molecule has 2 atom stereocenters. The van der Waals surface area contributed by atoms with Crippen molar-refractivity contribution < 1.29 is 4.39 Å². The van der Waals surface area contributed by atoms with Gasteiger partial charge in [-0.3, -0.25) is 0 Å². The number of benzene rings is 1. The number of hydrogen-bond acceptors (Lipinski definition) is 2. The van der Waals surface area contributed by atoms with Crippen molar-refractivity contribution in [3.8, 4) is 0 Å². The van der Waals surface area contributed by atoms with E-state index in [0.717, 1.165) is 25.2 Å². The molecule has 0 spiro atoms. The van der Waals surface area contributed by atoms with Gasteiger partial charge in [0.25, 0.3) is 0 Å². The summed E-state index contributed by atoms with van der Waals surface area (Å²) in [5.74, 6) is -0.118. The third-order valence-electron chi connectivity index (χ3n) is 4.05. The Morgan fingerprint density at radius 1 is 1.35 bits per heavy atom. The van der Waals surface area contributed by atoms with Crippen molar-refractivity contribution in [3.05, 3.63) is 29.6 Å². The zero-order valence-corrected chi connectivity index (χ0v) is 10.2. The molecule has 2 nitrogen and oxygen atoms in total. The Labute approximate surface area is 102 Å². The third kappa shape index (κ3) is 2.04. The molecule has 2 unspecified atom stereocenters. The van der Waals surface area contributed by atoms with Gasteiger partial charge in [-0.05, 0) is 43.9 Å². The van der Waals surface area contributed by atoms with E-state index in [4.69, 9.17) is 0 Å². The number of anilines is 1. The summed E-state index contributed by atoms with van der Waals surface area (Å²) in [7, 11) is 0. The molecule has 1 N–H and O–H groups in total. The SMILES string of the molecule is CC1CCC(N2CCc3ccc(F)cc32)CN1. The van der Waals surface area contributed by atoms with Crippen LogP contribution in [-0.4, -0.2) is 25.2 Å². The monoisotopic (exact) mass is 234 g/mol. The minimum Gasteiger partial charge on any atom is -0.367 e. The summed E-state index contributed by atoms with van der Waals surface area (Å²) >= 11 is 0. The molecule has 3 heteroatoms. The molecule has 2 heterocycles. The van der Waals surface area contributed by atoms with Crippen LogP contribution in [0.1, 0.15) is 25.3 Å². The highest BCUT2D eigenvalue weighted by molar-refractivity contribution is 5.59. The lowest BCUT2D eigenvalue weighted by Crippen LogP contribution is -2.48. The van der Waals surface area contributed by atoms with Gasteiger partial charge >= 0.3 is 0 Å². The molecule has 0 radical (unpaired) electrons. The van der Waals surface area contributed by atoms with Crippen LogP contribution < -0.4 is 10.2 Å². The number of fused-ring (bicyclic) bond motifs is 1. The van der Waals surface area contributed by atoms with E-state index in [1.54, 1.807) is 12.1 Å². The molecule has 1 saturated heterocycles. The molecule has 1 aromatic carbocycles. The van der Waals surface area contributed by atoms with Gasteiger partial charge in [-0.15, -0.1) is 0 Å². The maximum Gasteiger partial charge on any atom is 0.125 e. The fourth-order valence-corrected chi connectivity index (χ4v) is 3.01. The zero-order valence-electron chi connectivity index (χ0n) is 10.2. The van der Waals surface area contributed by atoms with Crippen molar-refractivity contribution in [3.63, 3.8) is 0 Å². The Balaban J connectivity index is 1.81. The lowest BCUT2D eigenvalue weighted by atomic mass is 10.0. The van der Waals surface area contributed by atoms with Crippen molar-refractivity contribution >= 4 is 5.69 Å². The van der Waals surface area contributed by atoms with Gasteiger partial charge in [-0.1, -0.05) is 6.07 Å². The van der Waals surface area contributed by atoms with Crippen LogP contribution in [0.3, 0.4) is 0 Å². The number of hydrogen-bond donors (Lipinski definition) is 1. The van der Waals surface area contributed by atoms with Gasteiger partial charge in [0.1, 0.15) is 5.82 Å². The summed E-state index contributed by atoms with van der Waals surface area (Å²) in [6, 6.07) is 6.36. The van der Waals surface area contributed by atoms with E-state index >= 15 is 0 Å². The highest BCUT2D eigenvalue weighted by Gasteiger charge is 2.28. The van der Waals surface area contributed by atoms with Crippen molar-refractivity contribution in [2.75, 3.05) is 18.0 Å². The van der Waals surface area contributed by atoms with Crippen LogP contribution in [0.25, 0.3) is 0 Å². The molecule has 92 valence electrons. The minimum atomic E-state index is -0.118. The average Bonchev–Trinajstić information content (AvgIpc) is 2.73. The van der Waals surface area contributed by atoms with E-state index in [9.17, 15) is 4.39 Å². The summed E-state index contributed by atoms with van der Waals surface area (Å²) in [6.45, 7) is 4.30. The van der Waals surface area contributed by atoms with E-state index in [1.165, 1.54) is 18.4 Å². The second-order valence-electron chi connectivity index (χ2n) is 5.26. The first kappa shape index (κ1) is 11.0. The normalized spacial score (nSPS) is 28.2. The van der Waals surface area contributed by atoms with E-state index in [1.807, 2.05) is 6.07 Å². The summed E-state index contributed by atoms with van der Waals surface area (Å²) in [5, 5.41) is 3.52. The van der Waals surface area contributed by atoms with Gasteiger partial charge in [-0.2, -0.15) is 0 Å². The first-order valence-corrected chi connectivity index (χ1v) is 6.52. The maximum atomic E-state index is 13.3. The molecular weight excluding hydrogens is 215 g/mol. The standard InChI is InChI=1S/C14H19FN2/c1-10-2-5-13(9-16-10)17-7-6-11-3-4-12(15)8-14(11)17/h3-4,8,10,13,16H,2,5-7,9H2,1H3. The second-order valence-corrected chi connectivity index (χ2v) is 5.26. The number of piperidine rings is 1. The Kier molecular flexibility index (Phi) is 2.79. The lowest BCUT2D eigenvalue weighted by molar-refractivity contribution is 0.371. The van der Waals surface area contributed by atoms with Crippen LogP contribution in [0.15, 0.2) is 18.2 Å². The van der Waals surface area contributed by atoms with Crippen LogP contribution in [0.2, 0.25) is 0 Å². The van der Waals surface area contributed by atoms with Gasteiger partial charge in [0, 0.05) is 30.9 Å². The van der Waals surface area contributed by atoms with Gasteiger partial charge in [0.15, 0.2) is 0 Å². The summed E-state index contributed by atoms with van der Waals surface area (Å²) in [6.07, 6.45) is 3.48. The minimum absolute atomic E-state index is 0.118. The molecule has 0 aromatic heterocycles. The molecule has 0 aliphatic carbocycles. The fraction of sp³-hybridized carbons (Fsp3) is 0.571. The molecule has 3 rings (SSSR count). The fourth-order valence-electron chi connectivity index (χ4n) is 3.01. The van der Waals surface area contributed by atoms with Crippen LogP contribution in [0, 0.1) is 5.82 Å². The first-order valence-electron chi connectivity index (χ1n) is 6.52.